The van der Waals surface area contributed by atoms with E-state index in [1.54, 1.807) is 18.3 Å². The molecule has 0 radical (unpaired) electrons. The number of rotatable bonds is 3. The maximum Gasteiger partial charge on any atom is 0.208 e. The summed E-state index contributed by atoms with van der Waals surface area (Å²) < 4.78 is 5.68. The zero-order valence-corrected chi connectivity index (χ0v) is 12.6. The lowest BCUT2D eigenvalue weighted by Gasteiger charge is -2.18. The summed E-state index contributed by atoms with van der Waals surface area (Å²) in [5.41, 5.74) is 0.813. The number of oxazole rings is 1. The van der Waals surface area contributed by atoms with Crippen molar-refractivity contribution < 1.29 is 4.42 Å². The molecule has 0 saturated heterocycles. The van der Waals surface area contributed by atoms with Crippen molar-refractivity contribution in [2.75, 3.05) is 0 Å². The van der Waals surface area contributed by atoms with Gasteiger partial charge in [-0.15, -0.1) is 0 Å². The lowest BCUT2D eigenvalue weighted by atomic mass is 10.1. The Morgan fingerprint density at radius 2 is 2.00 bits per heavy atom. The van der Waals surface area contributed by atoms with E-state index in [4.69, 9.17) is 27.6 Å². The minimum absolute atomic E-state index is 0.0204. The molecule has 5 heteroatoms. The second-order valence-corrected chi connectivity index (χ2v) is 6.19. The summed E-state index contributed by atoms with van der Waals surface area (Å²) in [5, 5.41) is 4.47. The number of hydrogen-bond acceptors (Lipinski definition) is 3. The quantitative estimate of drug-likeness (QED) is 0.904. The molecule has 0 amide bonds. The third-order valence-corrected chi connectivity index (χ3v) is 3.07. The molecule has 0 aliphatic carbocycles. The molecule has 1 aromatic heterocycles. The van der Waals surface area contributed by atoms with Gasteiger partial charge in [0.2, 0.25) is 5.89 Å². The summed E-state index contributed by atoms with van der Waals surface area (Å²) >= 11 is 12.0. The number of aromatic nitrogens is 1. The van der Waals surface area contributed by atoms with Gasteiger partial charge in [-0.1, -0.05) is 23.2 Å². The first-order valence-electron chi connectivity index (χ1n) is 6.00. The Labute approximate surface area is 122 Å². The third-order valence-electron chi connectivity index (χ3n) is 2.52. The molecule has 1 aromatic carbocycles. The second-order valence-electron chi connectivity index (χ2n) is 5.35. The molecule has 2 rings (SSSR count). The molecule has 19 heavy (non-hydrogen) atoms. The summed E-state index contributed by atoms with van der Waals surface area (Å²) in [6.07, 6.45) is 1.68. The Bertz CT molecular complexity index is 573. The van der Waals surface area contributed by atoms with Crippen molar-refractivity contribution in [2.45, 2.75) is 32.9 Å². The van der Waals surface area contributed by atoms with Crippen molar-refractivity contribution in [3.05, 3.63) is 40.3 Å². The number of hydrogen-bond donors (Lipinski definition) is 1. The number of nitrogens with one attached hydrogen (secondary N) is 1. The zero-order valence-electron chi connectivity index (χ0n) is 11.1. The lowest BCUT2D eigenvalue weighted by Crippen LogP contribution is -2.35. The minimum Gasteiger partial charge on any atom is -0.439 e. The van der Waals surface area contributed by atoms with Crippen molar-refractivity contribution in [3.63, 3.8) is 0 Å². The van der Waals surface area contributed by atoms with Crippen LogP contribution in [0.3, 0.4) is 0 Å². The van der Waals surface area contributed by atoms with Crippen LogP contribution in [-0.2, 0) is 6.54 Å². The first kappa shape index (κ1) is 14.4. The van der Waals surface area contributed by atoms with Gasteiger partial charge in [-0.2, -0.15) is 0 Å². The van der Waals surface area contributed by atoms with E-state index in [2.05, 4.69) is 31.1 Å². The molecule has 102 valence electrons. The van der Waals surface area contributed by atoms with E-state index in [1.165, 1.54) is 0 Å². The highest BCUT2D eigenvalue weighted by Gasteiger charge is 2.13. The summed E-state index contributed by atoms with van der Waals surface area (Å²) in [4.78, 5) is 4.24. The molecule has 1 heterocycles. The summed E-state index contributed by atoms with van der Waals surface area (Å²) in [7, 11) is 0. The molecule has 0 saturated carbocycles. The van der Waals surface area contributed by atoms with Crippen LogP contribution >= 0.6 is 23.2 Å². The Morgan fingerprint density at radius 1 is 1.26 bits per heavy atom. The van der Waals surface area contributed by atoms with E-state index in [0.29, 0.717) is 28.2 Å². The number of halogens is 2. The van der Waals surface area contributed by atoms with E-state index < -0.39 is 0 Å². The molecule has 2 aromatic rings. The second kappa shape index (κ2) is 5.53. The predicted molar refractivity (Wildman–Crippen MR) is 78.6 cm³/mol. The van der Waals surface area contributed by atoms with E-state index in [9.17, 15) is 0 Å². The normalized spacial score (nSPS) is 11.8. The van der Waals surface area contributed by atoms with Gasteiger partial charge in [0, 0.05) is 16.1 Å². The first-order chi connectivity index (χ1) is 8.85. The van der Waals surface area contributed by atoms with Crippen LogP contribution in [0, 0.1) is 0 Å². The van der Waals surface area contributed by atoms with Gasteiger partial charge in [-0.25, -0.2) is 4.98 Å². The smallest absolute Gasteiger partial charge is 0.208 e. The van der Waals surface area contributed by atoms with Crippen LogP contribution < -0.4 is 5.32 Å². The fraction of sp³-hybridized carbons (Fsp3) is 0.357. The highest BCUT2D eigenvalue weighted by molar-refractivity contribution is 6.36. The minimum atomic E-state index is 0.0204. The van der Waals surface area contributed by atoms with Gasteiger partial charge in [0.25, 0.3) is 0 Å². The van der Waals surface area contributed by atoms with Gasteiger partial charge in [0.05, 0.1) is 17.8 Å². The van der Waals surface area contributed by atoms with Crippen molar-refractivity contribution in [3.8, 4) is 11.3 Å². The average Bonchev–Trinajstić information content (AvgIpc) is 2.74. The van der Waals surface area contributed by atoms with Gasteiger partial charge in [-0.05, 0) is 39.0 Å². The fourth-order valence-electron chi connectivity index (χ4n) is 1.55. The molecule has 0 aliphatic rings. The van der Waals surface area contributed by atoms with Crippen molar-refractivity contribution in [1.82, 2.24) is 10.3 Å². The molecular weight excluding hydrogens is 283 g/mol. The topological polar surface area (TPSA) is 38.1 Å². The molecule has 3 nitrogen and oxygen atoms in total. The maximum absolute atomic E-state index is 6.14. The monoisotopic (exact) mass is 298 g/mol. The molecular formula is C14H16Cl2N2O. The van der Waals surface area contributed by atoms with Crippen molar-refractivity contribution in [1.29, 1.82) is 0 Å². The molecule has 0 atom stereocenters. The zero-order chi connectivity index (χ0) is 14.0. The van der Waals surface area contributed by atoms with Crippen LogP contribution in [0.4, 0.5) is 0 Å². The van der Waals surface area contributed by atoms with Crippen molar-refractivity contribution >= 4 is 23.2 Å². The van der Waals surface area contributed by atoms with Crippen LogP contribution in [0.1, 0.15) is 26.7 Å². The Kier molecular flexibility index (Phi) is 4.19. The third kappa shape index (κ3) is 3.96. The largest absolute Gasteiger partial charge is 0.439 e. The van der Waals surface area contributed by atoms with E-state index in [0.717, 1.165) is 5.56 Å². The Morgan fingerprint density at radius 3 is 2.63 bits per heavy atom. The lowest BCUT2D eigenvalue weighted by molar-refractivity contribution is 0.383. The van der Waals surface area contributed by atoms with Gasteiger partial charge in [0.15, 0.2) is 5.76 Å². The Balaban J connectivity index is 2.16. The predicted octanol–water partition coefficient (Wildman–Crippen LogP) is 4.54. The maximum atomic E-state index is 6.14. The molecule has 0 aliphatic heterocycles. The van der Waals surface area contributed by atoms with Gasteiger partial charge >= 0.3 is 0 Å². The highest BCUT2D eigenvalue weighted by atomic mass is 35.5. The summed E-state index contributed by atoms with van der Waals surface area (Å²) in [6.45, 7) is 6.85. The standard InChI is InChI=1S/C14H16Cl2N2O/c1-14(2,3)18-8-13-17-7-12(19-13)10-5-4-9(15)6-11(10)16/h4-7,18H,8H2,1-3H3. The molecule has 1 N–H and O–H groups in total. The molecule has 0 bridgehead atoms. The SMILES string of the molecule is CC(C)(C)NCc1ncc(-c2ccc(Cl)cc2Cl)o1. The number of benzene rings is 1. The van der Waals surface area contributed by atoms with Crippen LogP contribution in [-0.4, -0.2) is 10.5 Å². The summed E-state index contributed by atoms with van der Waals surface area (Å²) in [5.74, 6) is 1.28. The van der Waals surface area contributed by atoms with Crippen LogP contribution in [0.5, 0.6) is 0 Å². The van der Waals surface area contributed by atoms with Crippen LogP contribution in [0.25, 0.3) is 11.3 Å². The van der Waals surface area contributed by atoms with E-state index in [1.807, 2.05) is 6.07 Å². The first-order valence-corrected chi connectivity index (χ1v) is 6.76. The highest BCUT2D eigenvalue weighted by Crippen LogP contribution is 2.30. The number of nitrogens with zero attached hydrogens (tertiary/aromatic N) is 1. The molecule has 0 fully saturated rings. The van der Waals surface area contributed by atoms with Gasteiger partial charge in [-0.3, -0.25) is 0 Å². The van der Waals surface area contributed by atoms with Crippen molar-refractivity contribution in [2.24, 2.45) is 0 Å². The molecule has 0 spiro atoms. The van der Waals surface area contributed by atoms with Gasteiger partial charge in [0.1, 0.15) is 0 Å². The molecule has 0 unspecified atom stereocenters. The van der Waals surface area contributed by atoms with Gasteiger partial charge < -0.3 is 9.73 Å². The van der Waals surface area contributed by atoms with Crippen LogP contribution in [0.2, 0.25) is 10.0 Å². The van der Waals surface area contributed by atoms with Crippen LogP contribution in [0.15, 0.2) is 28.8 Å². The van der Waals surface area contributed by atoms with E-state index >= 15 is 0 Å². The van der Waals surface area contributed by atoms with E-state index in [-0.39, 0.29) is 5.54 Å². The fourth-order valence-corrected chi connectivity index (χ4v) is 2.05. The summed E-state index contributed by atoms with van der Waals surface area (Å²) in [6, 6.07) is 5.29. The average molecular weight is 299 g/mol. The Hall–Kier alpha value is -1.03.